The van der Waals surface area contributed by atoms with Crippen LogP contribution in [0, 0.1) is 11.3 Å². The number of amides is 2. The molecular formula is C24H32N2O2S2. The van der Waals surface area contributed by atoms with Crippen molar-refractivity contribution in [2.24, 2.45) is 11.3 Å². The summed E-state index contributed by atoms with van der Waals surface area (Å²) in [5.74, 6) is 0.608. The third-order valence-corrected chi connectivity index (χ3v) is 8.61. The maximum Gasteiger partial charge on any atom is 0.266 e. The number of anilines is 1. The number of likely N-dealkylation sites (tertiary alicyclic amines) is 1. The predicted octanol–water partition coefficient (Wildman–Crippen LogP) is 6.23. The maximum atomic E-state index is 13.6. The second kappa shape index (κ2) is 8.83. The van der Waals surface area contributed by atoms with Gasteiger partial charge in [0.05, 0.1) is 10.4 Å². The van der Waals surface area contributed by atoms with Crippen molar-refractivity contribution in [1.82, 2.24) is 4.90 Å². The Morgan fingerprint density at radius 1 is 1.13 bits per heavy atom. The summed E-state index contributed by atoms with van der Waals surface area (Å²) in [4.78, 5) is 30.4. The molecule has 1 unspecified atom stereocenters. The van der Waals surface area contributed by atoms with Crippen molar-refractivity contribution < 1.29 is 9.59 Å². The monoisotopic (exact) mass is 444 g/mol. The molecule has 1 atom stereocenters. The maximum absolute atomic E-state index is 13.6. The first-order valence-corrected chi connectivity index (χ1v) is 12.8. The van der Waals surface area contributed by atoms with Gasteiger partial charge in [0.1, 0.15) is 5.00 Å². The summed E-state index contributed by atoms with van der Waals surface area (Å²) in [6.45, 7) is 8.57. The highest BCUT2D eigenvalue weighted by Gasteiger charge is 2.35. The topological polar surface area (TPSA) is 49.4 Å². The Hall–Kier alpha value is -1.66. The van der Waals surface area contributed by atoms with Gasteiger partial charge >= 0.3 is 0 Å². The Labute approximate surface area is 187 Å². The van der Waals surface area contributed by atoms with Gasteiger partial charge in [-0.3, -0.25) is 9.59 Å². The summed E-state index contributed by atoms with van der Waals surface area (Å²) < 4.78 is 0. The molecule has 0 radical (unpaired) electrons. The minimum absolute atomic E-state index is 0.110. The summed E-state index contributed by atoms with van der Waals surface area (Å²) in [5.41, 5.74) is 2.21. The Bertz CT molecular complexity index is 901. The van der Waals surface area contributed by atoms with Crippen LogP contribution in [0.1, 0.15) is 83.3 Å². The van der Waals surface area contributed by atoms with Gasteiger partial charge in [0.25, 0.3) is 11.8 Å². The standard InChI is InChI=1S/C24H32N2O2S2/c1-24(2,3)16-10-11-17-19(15-16)30-22(25-21(27)18-9-8-14-29-18)20(17)23(28)26-12-6-4-5-7-13-26/h8-9,14,16H,4-7,10-13,15H2,1-3H3,(H,25,27). The fraction of sp³-hybridized carbons (Fsp3) is 0.583. The van der Waals surface area contributed by atoms with Crippen LogP contribution in [0.4, 0.5) is 5.00 Å². The van der Waals surface area contributed by atoms with Gasteiger partial charge < -0.3 is 10.2 Å². The van der Waals surface area contributed by atoms with Gasteiger partial charge in [0, 0.05) is 18.0 Å². The molecule has 1 aliphatic carbocycles. The second-order valence-corrected chi connectivity index (χ2v) is 11.7. The highest BCUT2D eigenvalue weighted by molar-refractivity contribution is 7.17. The summed E-state index contributed by atoms with van der Waals surface area (Å²) in [7, 11) is 0. The predicted molar refractivity (Wildman–Crippen MR) is 126 cm³/mol. The molecule has 0 spiro atoms. The van der Waals surface area contributed by atoms with Crippen molar-refractivity contribution in [3.63, 3.8) is 0 Å². The average molecular weight is 445 g/mol. The van der Waals surface area contributed by atoms with Crippen molar-refractivity contribution in [2.45, 2.75) is 65.7 Å². The first kappa shape index (κ1) is 21.6. The summed E-state index contributed by atoms with van der Waals surface area (Å²) >= 11 is 3.06. The van der Waals surface area contributed by atoms with Crippen LogP contribution in [0.15, 0.2) is 17.5 Å². The van der Waals surface area contributed by atoms with E-state index in [-0.39, 0.29) is 17.2 Å². The quantitative estimate of drug-likeness (QED) is 0.610. The van der Waals surface area contributed by atoms with Crippen molar-refractivity contribution in [1.29, 1.82) is 0 Å². The van der Waals surface area contributed by atoms with Crippen LogP contribution in [0.2, 0.25) is 0 Å². The smallest absolute Gasteiger partial charge is 0.266 e. The van der Waals surface area contributed by atoms with Crippen LogP contribution in [-0.2, 0) is 12.8 Å². The highest BCUT2D eigenvalue weighted by atomic mass is 32.1. The van der Waals surface area contributed by atoms with Crippen LogP contribution < -0.4 is 5.32 Å². The van der Waals surface area contributed by atoms with E-state index in [2.05, 4.69) is 26.1 Å². The SMILES string of the molecule is CC(C)(C)C1CCc2c(sc(NC(=O)c3cccs3)c2C(=O)N2CCCCCC2)C1. The molecule has 2 aromatic rings. The third kappa shape index (κ3) is 4.50. The normalized spacial score (nSPS) is 19.8. The van der Waals surface area contributed by atoms with Gasteiger partial charge in [-0.05, 0) is 60.4 Å². The fourth-order valence-corrected chi connectivity index (χ4v) is 6.58. The minimum Gasteiger partial charge on any atom is -0.339 e. The Kier molecular flexibility index (Phi) is 6.35. The number of hydrogen-bond acceptors (Lipinski definition) is 4. The zero-order valence-electron chi connectivity index (χ0n) is 18.3. The first-order valence-electron chi connectivity index (χ1n) is 11.1. The molecule has 2 aromatic heterocycles. The number of nitrogens with one attached hydrogen (secondary N) is 1. The zero-order chi connectivity index (χ0) is 21.3. The van der Waals surface area contributed by atoms with Crippen LogP contribution in [0.25, 0.3) is 0 Å². The molecule has 1 saturated heterocycles. The van der Waals surface area contributed by atoms with Crippen LogP contribution in [-0.4, -0.2) is 29.8 Å². The second-order valence-electron chi connectivity index (χ2n) is 9.65. The molecule has 0 saturated carbocycles. The molecule has 4 rings (SSSR count). The Morgan fingerprint density at radius 2 is 1.87 bits per heavy atom. The Balaban J connectivity index is 1.68. The molecule has 1 fully saturated rings. The van der Waals surface area contributed by atoms with Gasteiger partial charge in [-0.15, -0.1) is 22.7 Å². The average Bonchev–Trinajstić information content (AvgIpc) is 3.27. The Morgan fingerprint density at radius 3 is 2.50 bits per heavy atom. The lowest BCUT2D eigenvalue weighted by Gasteiger charge is -2.34. The van der Waals surface area contributed by atoms with Crippen molar-refractivity contribution in [3.05, 3.63) is 38.4 Å². The van der Waals surface area contributed by atoms with Gasteiger partial charge in [-0.25, -0.2) is 0 Å². The van der Waals surface area contributed by atoms with E-state index in [1.54, 1.807) is 11.3 Å². The largest absolute Gasteiger partial charge is 0.339 e. The molecular weight excluding hydrogens is 412 g/mol. The summed E-state index contributed by atoms with van der Waals surface area (Å²) in [6.07, 6.45) is 7.56. The number of nitrogens with zero attached hydrogens (tertiary/aromatic N) is 1. The molecule has 0 bridgehead atoms. The van der Waals surface area contributed by atoms with Gasteiger partial charge in [0.2, 0.25) is 0 Å². The number of carbonyl (C=O) groups excluding carboxylic acids is 2. The first-order chi connectivity index (χ1) is 14.3. The molecule has 1 aliphatic heterocycles. The van der Waals surface area contributed by atoms with Gasteiger partial charge in [-0.1, -0.05) is 39.7 Å². The number of carbonyl (C=O) groups is 2. The molecule has 6 heteroatoms. The number of thiophene rings is 2. The molecule has 0 aromatic carbocycles. The van der Waals surface area contributed by atoms with Crippen molar-refractivity contribution in [2.75, 3.05) is 18.4 Å². The molecule has 4 nitrogen and oxygen atoms in total. The lowest BCUT2D eigenvalue weighted by atomic mass is 9.72. The van der Waals surface area contributed by atoms with Gasteiger partial charge in [0.15, 0.2) is 0 Å². The van der Waals surface area contributed by atoms with E-state index in [9.17, 15) is 9.59 Å². The summed E-state index contributed by atoms with van der Waals surface area (Å²) in [6, 6.07) is 3.72. The van der Waals surface area contributed by atoms with E-state index < -0.39 is 0 Å². The van der Waals surface area contributed by atoms with E-state index >= 15 is 0 Å². The molecule has 30 heavy (non-hydrogen) atoms. The van der Waals surface area contributed by atoms with Crippen molar-refractivity contribution >= 4 is 39.5 Å². The van der Waals surface area contributed by atoms with E-state index in [4.69, 9.17) is 0 Å². The van der Waals surface area contributed by atoms with E-state index in [0.717, 1.165) is 55.8 Å². The minimum atomic E-state index is -0.110. The highest BCUT2D eigenvalue weighted by Crippen LogP contribution is 2.45. The molecule has 3 heterocycles. The molecule has 1 N–H and O–H groups in total. The summed E-state index contributed by atoms with van der Waals surface area (Å²) in [5, 5.41) is 5.76. The molecule has 2 amide bonds. The molecule has 2 aliphatic rings. The number of rotatable bonds is 3. The number of fused-ring (bicyclic) bond motifs is 1. The number of hydrogen-bond donors (Lipinski definition) is 1. The third-order valence-electron chi connectivity index (χ3n) is 6.57. The lowest BCUT2D eigenvalue weighted by Crippen LogP contribution is -2.33. The zero-order valence-corrected chi connectivity index (χ0v) is 19.9. The van der Waals surface area contributed by atoms with Crippen LogP contribution in [0.3, 0.4) is 0 Å². The van der Waals surface area contributed by atoms with E-state index in [0.29, 0.717) is 10.8 Å². The van der Waals surface area contributed by atoms with Crippen molar-refractivity contribution in [3.8, 4) is 0 Å². The van der Waals surface area contributed by atoms with E-state index in [1.807, 2.05) is 22.4 Å². The molecule has 162 valence electrons. The van der Waals surface area contributed by atoms with Crippen LogP contribution in [0.5, 0.6) is 0 Å². The van der Waals surface area contributed by atoms with Gasteiger partial charge in [-0.2, -0.15) is 0 Å². The fourth-order valence-electron chi connectivity index (χ4n) is 4.64. The van der Waals surface area contributed by atoms with Crippen LogP contribution >= 0.6 is 22.7 Å². The van der Waals surface area contributed by atoms with E-state index in [1.165, 1.54) is 34.6 Å². The lowest BCUT2D eigenvalue weighted by molar-refractivity contribution is 0.0761.